The highest BCUT2D eigenvalue weighted by atomic mass is 16.5. The fourth-order valence-electron chi connectivity index (χ4n) is 2.85. The maximum Gasteiger partial charge on any atom is 0.307 e. The summed E-state index contributed by atoms with van der Waals surface area (Å²) in [6, 6.07) is 0.307. The quantitative estimate of drug-likeness (QED) is 0.645. The predicted octanol–water partition coefficient (Wildman–Crippen LogP) is 2.28. The number of hydrogen-bond donors (Lipinski definition) is 0. The van der Waals surface area contributed by atoms with E-state index in [0.29, 0.717) is 19.2 Å². The van der Waals surface area contributed by atoms with E-state index >= 15 is 0 Å². The van der Waals surface area contributed by atoms with Crippen LogP contribution in [0.1, 0.15) is 58.3 Å². The van der Waals surface area contributed by atoms with E-state index in [1.54, 1.807) is 11.8 Å². The van der Waals surface area contributed by atoms with E-state index < -0.39 is 0 Å². The fraction of sp³-hybridized carbons (Fsp3) is 0.875. The summed E-state index contributed by atoms with van der Waals surface area (Å²) < 4.78 is 10.7. The van der Waals surface area contributed by atoms with Gasteiger partial charge >= 0.3 is 5.97 Å². The topological polar surface area (TPSA) is 55.8 Å². The average Bonchev–Trinajstić information content (AvgIpc) is 3.31. The lowest BCUT2D eigenvalue weighted by molar-refractivity contribution is -0.145. The molecule has 5 nitrogen and oxygen atoms in total. The van der Waals surface area contributed by atoms with Gasteiger partial charge in [-0.3, -0.25) is 9.59 Å². The van der Waals surface area contributed by atoms with Crippen molar-refractivity contribution in [3.8, 4) is 0 Å². The highest BCUT2D eigenvalue weighted by Crippen LogP contribution is 2.27. The predicted molar refractivity (Wildman–Crippen MR) is 78.8 cm³/mol. The Hall–Kier alpha value is -1.10. The molecule has 2 aliphatic carbocycles. The van der Waals surface area contributed by atoms with Crippen molar-refractivity contribution < 1.29 is 19.1 Å². The molecular formula is C16H27NO4. The van der Waals surface area contributed by atoms with Gasteiger partial charge in [-0.05, 0) is 32.6 Å². The van der Waals surface area contributed by atoms with E-state index in [1.807, 2.05) is 0 Å². The third-order valence-corrected chi connectivity index (χ3v) is 4.16. The van der Waals surface area contributed by atoms with Crippen molar-refractivity contribution in [2.45, 2.75) is 70.4 Å². The first kappa shape index (κ1) is 16.3. The number of amides is 1. The zero-order chi connectivity index (χ0) is 15.1. The number of ether oxygens (including phenoxy) is 2. The van der Waals surface area contributed by atoms with Gasteiger partial charge in [-0.15, -0.1) is 0 Å². The Kier molecular flexibility index (Phi) is 6.49. The van der Waals surface area contributed by atoms with E-state index in [-0.39, 0.29) is 31.0 Å². The monoisotopic (exact) mass is 297 g/mol. The van der Waals surface area contributed by atoms with E-state index in [0.717, 1.165) is 25.7 Å². The fourth-order valence-corrected chi connectivity index (χ4v) is 2.85. The Morgan fingerprint density at radius 1 is 1.10 bits per heavy atom. The SMILES string of the molecule is CCOC(=O)CCN(C(=O)COC1CCCCC1)C1CC1. The van der Waals surface area contributed by atoms with E-state index in [1.165, 1.54) is 19.3 Å². The third kappa shape index (κ3) is 5.65. The molecule has 0 spiro atoms. The minimum atomic E-state index is -0.232. The van der Waals surface area contributed by atoms with Crippen molar-refractivity contribution in [3.63, 3.8) is 0 Å². The zero-order valence-corrected chi connectivity index (χ0v) is 13.0. The third-order valence-electron chi connectivity index (χ3n) is 4.16. The minimum absolute atomic E-state index is 0.0207. The van der Waals surface area contributed by atoms with Crippen LogP contribution in [0.2, 0.25) is 0 Å². The van der Waals surface area contributed by atoms with Gasteiger partial charge in [0, 0.05) is 12.6 Å². The number of hydrogen-bond acceptors (Lipinski definition) is 4. The van der Waals surface area contributed by atoms with Crippen molar-refractivity contribution in [1.29, 1.82) is 0 Å². The van der Waals surface area contributed by atoms with Crippen molar-refractivity contribution in [1.82, 2.24) is 4.90 Å². The molecular weight excluding hydrogens is 270 g/mol. The summed E-state index contributed by atoms with van der Waals surface area (Å²) in [5.41, 5.74) is 0. The number of nitrogens with zero attached hydrogens (tertiary/aromatic N) is 1. The van der Waals surface area contributed by atoms with Gasteiger partial charge in [0.1, 0.15) is 6.61 Å². The van der Waals surface area contributed by atoms with Crippen LogP contribution in [-0.4, -0.2) is 48.7 Å². The van der Waals surface area contributed by atoms with Crippen LogP contribution in [0.25, 0.3) is 0 Å². The molecule has 5 heteroatoms. The molecule has 2 aliphatic rings. The van der Waals surface area contributed by atoms with Crippen LogP contribution in [0.4, 0.5) is 0 Å². The number of rotatable bonds is 8. The Balaban J connectivity index is 1.72. The zero-order valence-electron chi connectivity index (χ0n) is 13.0. The minimum Gasteiger partial charge on any atom is -0.466 e. The molecule has 2 rings (SSSR count). The van der Waals surface area contributed by atoms with Gasteiger partial charge in [-0.25, -0.2) is 0 Å². The lowest BCUT2D eigenvalue weighted by atomic mass is 9.98. The van der Waals surface area contributed by atoms with Crippen LogP contribution < -0.4 is 0 Å². The molecule has 0 N–H and O–H groups in total. The van der Waals surface area contributed by atoms with Crippen LogP contribution in [0.3, 0.4) is 0 Å². The van der Waals surface area contributed by atoms with Gasteiger partial charge < -0.3 is 14.4 Å². The molecule has 2 fully saturated rings. The van der Waals surface area contributed by atoms with E-state index in [4.69, 9.17) is 9.47 Å². The molecule has 0 radical (unpaired) electrons. The first-order chi connectivity index (χ1) is 10.2. The standard InChI is InChI=1S/C16H27NO4/c1-2-20-16(19)10-11-17(13-8-9-13)15(18)12-21-14-6-4-3-5-7-14/h13-14H,2-12H2,1H3. The second-order valence-electron chi connectivity index (χ2n) is 5.94. The molecule has 0 heterocycles. The highest BCUT2D eigenvalue weighted by molar-refractivity contribution is 5.79. The molecule has 0 aromatic carbocycles. The lowest BCUT2D eigenvalue weighted by Gasteiger charge is -2.25. The molecule has 21 heavy (non-hydrogen) atoms. The molecule has 2 saturated carbocycles. The van der Waals surface area contributed by atoms with Gasteiger partial charge in [0.15, 0.2) is 0 Å². The van der Waals surface area contributed by atoms with E-state index in [2.05, 4.69) is 0 Å². The van der Waals surface area contributed by atoms with Crippen LogP contribution in [-0.2, 0) is 19.1 Å². The summed E-state index contributed by atoms with van der Waals surface area (Å²) >= 11 is 0. The normalized spacial score (nSPS) is 19.3. The Morgan fingerprint density at radius 2 is 1.81 bits per heavy atom. The number of carbonyl (C=O) groups is 2. The maximum absolute atomic E-state index is 12.3. The Morgan fingerprint density at radius 3 is 2.43 bits per heavy atom. The Bertz CT molecular complexity index is 348. The Labute approximate surface area is 127 Å². The summed E-state index contributed by atoms with van der Waals surface area (Å²) in [5, 5.41) is 0. The molecule has 0 aromatic rings. The summed E-state index contributed by atoms with van der Waals surface area (Å²) in [6.07, 6.45) is 8.42. The molecule has 0 bridgehead atoms. The largest absolute Gasteiger partial charge is 0.466 e. The first-order valence-electron chi connectivity index (χ1n) is 8.27. The van der Waals surface area contributed by atoms with Gasteiger partial charge in [0.25, 0.3) is 0 Å². The van der Waals surface area contributed by atoms with Crippen LogP contribution >= 0.6 is 0 Å². The first-order valence-corrected chi connectivity index (χ1v) is 8.27. The molecule has 120 valence electrons. The van der Waals surface area contributed by atoms with Crippen LogP contribution in [0, 0.1) is 0 Å². The molecule has 1 amide bonds. The van der Waals surface area contributed by atoms with Crippen molar-refractivity contribution in [3.05, 3.63) is 0 Å². The van der Waals surface area contributed by atoms with E-state index in [9.17, 15) is 9.59 Å². The molecule has 0 unspecified atom stereocenters. The summed E-state index contributed by atoms with van der Waals surface area (Å²) in [4.78, 5) is 25.5. The highest BCUT2D eigenvalue weighted by Gasteiger charge is 2.33. The van der Waals surface area contributed by atoms with Crippen LogP contribution in [0.15, 0.2) is 0 Å². The van der Waals surface area contributed by atoms with Crippen molar-refractivity contribution in [2.75, 3.05) is 19.8 Å². The summed E-state index contributed by atoms with van der Waals surface area (Å²) in [7, 11) is 0. The summed E-state index contributed by atoms with van der Waals surface area (Å²) in [6.45, 7) is 2.79. The smallest absolute Gasteiger partial charge is 0.307 e. The molecule has 0 saturated heterocycles. The second-order valence-corrected chi connectivity index (χ2v) is 5.94. The number of carbonyl (C=O) groups excluding carboxylic acids is 2. The number of esters is 1. The van der Waals surface area contributed by atoms with Crippen molar-refractivity contribution >= 4 is 11.9 Å². The van der Waals surface area contributed by atoms with Gasteiger partial charge in [0.2, 0.25) is 5.91 Å². The second kappa shape index (κ2) is 8.37. The van der Waals surface area contributed by atoms with Gasteiger partial charge in [-0.2, -0.15) is 0 Å². The summed E-state index contributed by atoms with van der Waals surface area (Å²) in [5.74, 6) is -0.212. The average molecular weight is 297 g/mol. The van der Waals surface area contributed by atoms with Gasteiger partial charge in [-0.1, -0.05) is 19.3 Å². The lowest BCUT2D eigenvalue weighted by Crippen LogP contribution is -2.38. The molecule has 0 aromatic heterocycles. The van der Waals surface area contributed by atoms with Crippen LogP contribution in [0.5, 0.6) is 0 Å². The molecule has 0 atom stereocenters. The molecule has 0 aliphatic heterocycles. The van der Waals surface area contributed by atoms with Gasteiger partial charge in [0.05, 0.1) is 19.1 Å². The van der Waals surface area contributed by atoms with Crippen molar-refractivity contribution in [2.24, 2.45) is 0 Å². The maximum atomic E-state index is 12.3.